The molecule has 1 saturated heterocycles. The van der Waals surface area contributed by atoms with Gasteiger partial charge in [0.2, 0.25) is 5.91 Å². The van der Waals surface area contributed by atoms with Crippen molar-refractivity contribution >= 4 is 44.8 Å². The standard InChI is InChI=1S/C17H16ClF3N2O3S/c1-9(16(25)23-4-6-26-7-5-23)22-15(24)14-13(18)11-3-2-10(17(19,20)21)8-12(11)27-14/h2-3,8-9H,4-7H2,1H3,(H,22,24)/t9-/m1/s1. The van der Waals surface area contributed by atoms with Crippen LogP contribution in [0.5, 0.6) is 0 Å². The summed E-state index contributed by atoms with van der Waals surface area (Å²) in [5.74, 6) is -0.841. The fourth-order valence-electron chi connectivity index (χ4n) is 2.77. The van der Waals surface area contributed by atoms with E-state index >= 15 is 0 Å². The minimum absolute atomic E-state index is 0.0762. The zero-order valence-corrected chi connectivity index (χ0v) is 15.8. The number of hydrogen-bond donors (Lipinski definition) is 1. The number of halogens is 4. The summed E-state index contributed by atoms with van der Waals surface area (Å²) in [7, 11) is 0. The summed E-state index contributed by atoms with van der Waals surface area (Å²) >= 11 is 7.05. The van der Waals surface area contributed by atoms with Gasteiger partial charge in [0.15, 0.2) is 0 Å². The zero-order valence-electron chi connectivity index (χ0n) is 14.2. The van der Waals surface area contributed by atoms with Crippen LogP contribution < -0.4 is 5.32 Å². The third-order valence-corrected chi connectivity index (χ3v) is 5.86. The summed E-state index contributed by atoms with van der Waals surface area (Å²) in [6, 6.07) is 2.34. The number of carbonyl (C=O) groups excluding carboxylic acids is 2. The number of carbonyl (C=O) groups is 2. The molecule has 1 N–H and O–H groups in total. The Labute approximate surface area is 162 Å². The second-order valence-corrected chi connectivity index (χ2v) is 7.52. The maximum absolute atomic E-state index is 12.9. The first kappa shape index (κ1) is 19.9. The van der Waals surface area contributed by atoms with Crippen molar-refractivity contribution in [2.24, 2.45) is 0 Å². The molecule has 10 heteroatoms. The maximum Gasteiger partial charge on any atom is 0.416 e. The normalized spacial score (nSPS) is 16.4. The topological polar surface area (TPSA) is 58.6 Å². The zero-order chi connectivity index (χ0) is 19.8. The third-order valence-electron chi connectivity index (χ3n) is 4.20. The molecule has 3 rings (SSSR count). The average Bonchev–Trinajstić information content (AvgIpc) is 2.97. The highest BCUT2D eigenvalue weighted by molar-refractivity contribution is 7.21. The van der Waals surface area contributed by atoms with Gasteiger partial charge in [0.25, 0.3) is 5.91 Å². The van der Waals surface area contributed by atoms with Crippen molar-refractivity contribution in [3.05, 3.63) is 33.7 Å². The molecule has 0 aliphatic carbocycles. The van der Waals surface area contributed by atoms with Crippen molar-refractivity contribution in [3.63, 3.8) is 0 Å². The van der Waals surface area contributed by atoms with Gasteiger partial charge in [-0.25, -0.2) is 0 Å². The van der Waals surface area contributed by atoms with Crippen LogP contribution in [0.3, 0.4) is 0 Å². The number of rotatable bonds is 3. The minimum Gasteiger partial charge on any atom is -0.378 e. The minimum atomic E-state index is -4.48. The second kappa shape index (κ2) is 7.65. The number of morpholine rings is 1. The average molecular weight is 421 g/mol. The van der Waals surface area contributed by atoms with E-state index in [2.05, 4.69) is 5.32 Å². The van der Waals surface area contributed by atoms with E-state index in [-0.39, 0.29) is 20.5 Å². The van der Waals surface area contributed by atoms with Crippen LogP contribution in [0.2, 0.25) is 5.02 Å². The number of benzene rings is 1. The van der Waals surface area contributed by atoms with Crippen LogP contribution in [0, 0.1) is 0 Å². The number of hydrogen-bond acceptors (Lipinski definition) is 4. The number of amides is 2. The van der Waals surface area contributed by atoms with E-state index in [4.69, 9.17) is 16.3 Å². The SMILES string of the molecule is C[C@@H](NC(=O)c1sc2cc(C(F)(F)F)ccc2c1Cl)C(=O)N1CCOCC1. The molecule has 0 radical (unpaired) electrons. The lowest BCUT2D eigenvalue weighted by atomic mass is 10.1. The smallest absolute Gasteiger partial charge is 0.378 e. The van der Waals surface area contributed by atoms with Gasteiger partial charge in [0, 0.05) is 23.2 Å². The fourth-order valence-corrected chi connectivity index (χ4v) is 4.23. The first-order valence-electron chi connectivity index (χ1n) is 8.15. The maximum atomic E-state index is 12.9. The number of nitrogens with one attached hydrogen (secondary N) is 1. The Morgan fingerprint density at radius 2 is 1.96 bits per heavy atom. The van der Waals surface area contributed by atoms with E-state index in [0.29, 0.717) is 31.7 Å². The Balaban J connectivity index is 1.78. The van der Waals surface area contributed by atoms with E-state index in [0.717, 1.165) is 23.5 Å². The van der Waals surface area contributed by atoms with E-state index in [1.165, 1.54) is 6.07 Å². The van der Waals surface area contributed by atoms with Crippen LogP contribution >= 0.6 is 22.9 Å². The highest BCUT2D eigenvalue weighted by Gasteiger charge is 2.31. The Morgan fingerprint density at radius 1 is 1.30 bits per heavy atom. The van der Waals surface area contributed by atoms with Crippen LogP contribution in [-0.2, 0) is 15.7 Å². The largest absolute Gasteiger partial charge is 0.416 e. The van der Waals surface area contributed by atoms with Gasteiger partial charge in [0.1, 0.15) is 10.9 Å². The molecular formula is C17H16ClF3N2O3S. The third kappa shape index (κ3) is 4.20. The van der Waals surface area contributed by atoms with Crippen molar-refractivity contribution < 1.29 is 27.5 Å². The van der Waals surface area contributed by atoms with Gasteiger partial charge in [-0.2, -0.15) is 13.2 Å². The lowest BCUT2D eigenvalue weighted by molar-refractivity contribution is -0.137. The number of alkyl halides is 3. The van der Waals surface area contributed by atoms with Gasteiger partial charge in [0.05, 0.1) is 23.8 Å². The van der Waals surface area contributed by atoms with E-state index < -0.39 is 23.7 Å². The van der Waals surface area contributed by atoms with Gasteiger partial charge >= 0.3 is 6.18 Å². The van der Waals surface area contributed by atoms with Crippen molar-refractivity contribution in [1.29, 1.82) is 0 Å². The molecule has 2 amide bonds. The predicted molar refractivity (Wildman–Crippen MR) is 96.2 cm³/mol. The Bertz CT molecular complexity index is 878. The molecule has 0 unspecified atom stereocenters. The molecule has 1 fully saturated rings. The van der Waals surface area contributed by atoms with Gasteiger partial charge < -0.3 is 15.0 Å². The summed E-state index contributed by atoms with van der Waals surface area (Å²) < 4.78 is 44.0. The van der Waals surface area contributed by atoms with Crippen LogP contribution in [0.1, 0.15) is 22.2 Å². The summed E-state index contributed by atoms with van der Waals surface area (Å²) in [4.78, 5) is 26.6. The summed E-state index contributed by atoms with van der Waals surface area (Å²) in [5.41, 5.74) is -0.810. The van der Waals surface area contributed by atoms with E-state index in [1.54, 1.807) is 11.8 Å². The molecule has 1 aliphatic rings. The Hall–Kier alpha value is -1.84. The molecule has 2 aromatic rings. The van der Waals surface area contributed by atoms with Gasteiger partial charge in [-0.3, -0.25) is 9.59 Å². The lowest BCUT2D eigenvalue weighted by Crippen LogP contribution is -2.50. The molecular weight excluding hydrogens is 405 g/mol. The summed E-state index contributed by atoms with van der Waals surface area (Å²) in [5, 5.41) is 3.02. The highest BCUT2D eigenvalue weighted by Crippen LogP contribution is 2.39. The van der Waals surface area contributed by atoms with Crippen molar-refractivity contribution in [1.82, 2.24) is 10.2 Å². The lowest BCUT2D eigenvalue weighted by Gasteiger charge is -2.29. The molecule has 0 spiro atoms. The fraction of sp³-hybridized carbons (Fsp3) is 0.412. The molecule has 0 saturated carbocycles. The predicted octanol–water partition coefficient (Wildman–Crippen LogP) is 3.55. The molecule has 27 heavy (non-hydrogen) atoms. The number of ether oxygens (including phenoxy) is 1. The molecule has 0 bridgehead atoms. The van der Waals surface area contributed by atoms with Gasteiger partial charge in [-0.1, -0.05) is 17.7 Å². The van der Waals surface area contributed by atoms with Crippen molar-refractivity contribution in [3.8, 4) is 0 Å². The van der Waals surface area contributed by atoms with Crippen LogP contribution in [-0.4, -0.2) is 49.1 Å². The first-order chi connectivity index (χ1) is 12.7. The van der Waals surface area contributed by atoms with Gasteiger partial charge in [-0.05, 0) is 19.1 Å². The van der Waals surface area contributed by atoms with E-state index in [1.807, 2.05) is 0 Å². The first-order valence-corrected chi connectivity index (χ1v) is 9.34. The van der Waals surface area contributed by atoms with Crippen LogP contribution in [0.15, 0.2) is 18.2 Å². The van der Waals surface area contributed by atoms with Gasteiger partial charge in [-0.15, -0.1) is 11.3 Å². The number of fused-ring (bicyclic) bond motifs is 1. The van der Waals surface area contributed by atoms with Crippen LogP contribution in [0.4, 0.5) is 13.2 Å². The highest BCUT2D eigenvalue weighted by atomic mass is 35.5. The Morgan fingerprint density at radius 3 is 2.59 bits per heavy atom. The molecule has 1 aromatic carbocycles. The van der Waals surface area contributed by atoms with Crippen molar-refractivity contribution in [2.75, 3.05) is 26.3 Å². The Kier molecular flexibility index (Phi) is 5.64. The molecule has 146 valence electrons. The van der Waals surface area contributed by atoms with Crippen molar-refractivity contribution in [2.45, 2.75) is 19.1 Å². The monoisotopic (exact) mass is 420 g/mol. The quantitative estimate of drug-likeness (QED) is 0.826. The molecule has 1 aromatic heterocycles. The molecule has 2 heterocycles. The van der Waals surface area contributed by atoms with E-state index in [9.17, 15) is 22.8 Å². The molecule has 1 atom stereocenters. The number of nitrogens with zero attached hydrogens (tertiary/aromatic N) is 1. The summed E-state index contributed by atoms with van der Waals surface area (Å²) in [6.07, 6.45) is -4.48. The second-order valence-electron chi connectivity index (χ2n) is 6.09. The summed E-state index contributed by atoms with van der Waals surface area (Å²) in [6.45, 7) is 3.33. The molecule has 1 aliphatic heterocycles. The number of thiophene rings is 1. The molecule has 5 nitrogen and oxygen atoms in total. The van der Waals surface area contributed by atoms with Crippen LogP contribution in [0.25, 0.3) is 10.1 Å².